The van der Waals surface area contributed by atoms with Crippen molar-refractivity contribution >= 4 is 35.7 Å². The number of alkyl carbamates (subject to hydrolysis) is 1. The molecule has 0 spiro atoms. The Morgan fingerprint density at radius 3 is 2.04 bits per heavy atom. The van der Waals surface area contributed by atoms with Crippen LogP contribution in [0.3, 0.4) is 0 Å². The van der Waals surface area contributed by atoms with Gasteiger partial charge in [-0.25, -0.2) is 23.9 Å². The number of hydrogen-bond acceptors (Lipinski definition) is 12. The van der Waals surface area contributed by atoms with E-state index in [0.29, 0.717) is 5.56 Å². The highest BCUT2D eigenvalue weighted by atomic mass is 16.6. The molecule has 260 valence electrons. The SMILES string of the molecule is O=C(CNC(=O)[C@H](CO)NC(=O)[C@@H](Cc1cncn1C(=O)OCc1ccccc1)NC(=O)OCc1ccccc1)Oc1ccc([N+](=O)[O-])cc1. The quantitative estimate of drug-likeness (QED) is 0.0608. The topological polar surface area (TPSA) is 230 Å². The molecule has 4 N–H and O–H groups in total. The molecular formula is C33H32N6O11. The van der Waals surface area contributed by atoms with E-state index >= 15 is 0 Å². The number of hydrogen-bond donors (Lipinski definition) is 4. The van der Waals surface area contributed by atoms with Crippen LogP contribution in [0.4, 0.5) is 15.3 Å². The van der Waals surface area contributed by atoms with E-state index in [9.17, 15) is 39.2 Å². The van der Waals surface area contributed by atoms with Gasteiger partial charge < -0.3 is 35.3 Å². The number of aromatic nitrogens is 2. The Labute approximate surface area is 284 Å². The van der Waals surface area contributed by atoms with Gasteiger partial charge in [-0.05, 0) is 23.3 Å². The minimum atomic E-state index is -1.58. The normalized spacial score (nSPS) is 11.7. The van der Waals surface area contributed by atoms with Crippen LogP contribution in [0.15, 0.2) is 97.5 Å². The fourth-order valence-corrected chi connectivity index (χ4v) is 4.30. The van der Waals surface area contributed by atoms with Crippen LogP contribution in [0.1, 0.15) is 16.8 Å². The Morgan fingerprint density at radius 1 is 0.820 bits per heavy atom. The standard InChI is InChI=1S/C33H32N6O11/c40-18-28(30(42)35-17-29(41)50-26-13-11-24(12-14-26)39(46)47)36-31(43)27(37-32(44)48-19-22-7-3-1-4-8-22)15-25-16-34-21-38(25)33(45)49-20-23-9-5-2-6-10-23/h1-14,16,21,27-28,40H,15,17-20H2,(H,35,42)(H,36,43)(H,37,44)/t27-,28+/m1/s1. The van der Waals surface area contributed by atoms with Crippen LogP contribution in [0.2, 0.25) is 0 Å². The van der Waals surface area contributed by atoms with Crippen molar-refractivity contribution in [3.05, 3.63) is 124 Å². The van der Waals surface area contributed by atoms with Crippen LogP contribution in [0.25, 0.3) is 0 Å². The first-order valence-electron chi connectivity index (χ1n) is 15.0. The number of non-ortho nitro benzene ring substituents is 1. The van der Waals surface area contributed by atoms with Crippen LogP contribution < -0.4 is 20.7 Å². The number of esters is 1. The zero-order chi connectivity index (χ0) is 35.9. The molecule has 4 rings (SSSR count). The first-order chi connectivity index (χ1) is 24.1. The number of nitro benzene ring substituents is 1. The van der Waals surface area contributed by atoms with E-state index in [2.05, 4.69) is 20.9 Å². The Bertz CT molecular complexity index is 1780. The molecule has 0 aliphatic heterocycles. The molecule has 0 radical (unpaired) electrons. The molecule has 17 nitrogen and oxygen atoms in total. The van der Waals surface area contributed by atoms with Crippen molar-refractivity contribution in [1.82, 2.24) is 25.5 Å². The van der Waals surface area contributed by atoms with Crippen molar-refractivity contribution in [3.63, 3.8) is 0 Å². The lowest BCUT2D eigenvalue weighted by molar-refractivity contribution is -0.384. The van der Waals surface area contributed by atoms with Crippen LogP contribution >= 0.6 is 0 Å². The zero-order valence-electron chi connectivity index (χ0n) is 26.3. The monoisotopic (exact) mass is 688 g/mol. The van der Waals surface area contributed by atoms with Gasteiger partial charge in [-0.3, -0.25) is 19.7 Å². The fourth-order valence-electron chi connectivity index (χ4n) is 4.30. The molecule has 0 aliphatic rings. The van der Waals surface area contributed by atoms with Crippen LogP contribution in [-0.4, -0.2) is 74.8 Å². The number of nitro groups is 1. The Morgan fingerprint density at radius 2 is 1.44 bits per heavy atom. The van der Waals surface area contributed by atoms with Gasteiger partial charge in [0.1, 0.15) is 43.9 Å². The van der Waals surface area contributed by atoms with E-state index in [1.807, 2.05) is 6.07 Å². The van der Waals surface area contributed by atoms with Gasteiger partial charge in [0, 0.05) is 24.8 Å². The molecule has 50 heavy (non-hydrogen) atoms. The number of imidazole rings is 1. The van der Waals surface area contributed by atoms with Crippen LogP contribution in [0, 0.1) is 10.1 Å². The number of aliphatic hydroxyl groups excluding tert-OH is 1. The van der Waals surface area contributed by atoms with Gasteiger partial charge in [-0.15, -0.1) is 0 Å². The van der Waals surface area contributed by atoms with Crippen molar-refractivity contribution in [2.45, 2.75) is 31.7 Å². The smallest absolute Gasteiger partial charge is 0.419 e. The number of ether oxygens (including phenoxy) is 3. The second-order valence-corrected chi connectivity index (χ2v) is 10.4. The highest BCUT2D eigenvalue weighted by molar-refractivity contribution is 5.92. The molecule has 17 heteroatoms. The van der Waals surface area contributed by atoms with E-state index in [1.54, 1.807) is 54.6 Å². The summed E-state index contributed by atoms with van der Waals surface area (Å²) in [4.78, 5) is 78.2. The van der Waals surface area contributed by atoms with Crippen LogP contribution in [0.5, 0.6) is 5.75 Å². The van der Waals surface area contributed by atoms with Gasteiger partial charge in [0.25, 0.3) is 5.69 Å². The number of nitrogens with zero attached hydrogens (tertiary/aromatic N) is 3. The molecule has 1 aromatic heterocycles. The molecule has 0 unspecified atom stereocenters. The van der Waals surface area contributed by atoms with Crippen molar-refractivity contribution in [2.75, 3.05) is 13.2 Å². The molecule has 2 atom stereocenters. The first-order valence-corrected chi connectivity index (χ1v) is 15.0. The highest BCUT2D eigenvalue weighted by Gasteiger charge is 2.29. The average molecular weight is 689 g/mol. The van der Waals surface area contributed by atoms with Gasteiger partial charge in [0.2, 0.25) is 11.8 Å². The Hall–Kier alpha value is -6.62. The van der Waals surface area contributed by atoms with Gasteiger partial charge in [-0.1, -0.05) is 60.7 Å². The third kappa shape index (κ3) is 11.0. The van der Waals surface area contributed by atoms with Gasteiger partial charge in [0.15, 0.2) is 0 Å². The van der Waals surface area contributed by atoms with Crippen molar-refractivity contribution in [3.8, 4) is 5.75 Å². The van der Waals surface area contributed by atoms with Crippen LogP contribution in [-0.2, 0) is 43.5 Å². The second-order valence-electron chi connectivity index (χ2n) is 10.4. The molecule has 0 bridgehead atoms. The zero-order valence-corrected chi connectivity index (χ0v) is 26.3. The van der Waals surface area contributed by atoms with Crippen molar-refractivity contribution < 1.29 is 48.2 Å². The van der Waals surface area contributed by atoms with Gasteiger partial charge >= 0.3 is 18.2 Å². The number of aliphatic hydroxyl groups is 1. The molecule has 0 aliphatic carbocycles. The minimum absolute atomic E-state index is 0.0156. The third-order valence-electron chi connectivity index (χ3n) is 6.85. The summed E-state index contributed by atoms with van der Waals surface area (Å²) in [6.45, 7) is -1.74. The summed E-state index contributed by atoms with van der Waals surface area (Å²) in [5, 5.41) is 27.6. The molecule has 0 saturated carbocycles. The molecule has 1 heterocycles. The lowest BCUT2D eigenvalue weighted by Gasteiger charge is -2.22. The highest BCUT2D eigenvalue weighted by Crippen LogP contribution is 2.17. The van der Waals surface area contributed by atoms with E-state index in [0.717, 1.165) is 22.3 Å². The number of carbonyl (C=O) groups is 5. The summed E-state index contributed by atoms with van der Waals surface area (Å²) in [5.41, 5.74) is 1.34. The lowest BCUT2D eigenvalue weighted by Crippen LogP contribution is -2.56. The molecule has 3 amide bonds. The summed E-state index contributed by atoms with van der Waals surface area (Å²) in [7, 11) is 0. The van der Waals surface area contributed by atoms with Crippen molar-refractivity contribution in [1.29, 1.82) is 0 Å². The Balaban J connectivity index is 1.40. The number of amides is 3. The minimum Gasteiger partial charge on any atom is -0.445 e. The molecule has 0 fully saturated rings. The molecule has 4 aromatic rings. The summed E-state index contributed by atoms with van der Waals surface area (Å²) >= 11 is 0. The first kappa shape index (κ1) is 36.2. The van der Waals surface area contributed by atoms with Gasteiger partial charge in [0.05, 0.1) is 17.2 Å². The predicted octanol–water partition coefficient (Wildman–Crippen LogP) is 2.01. The summed E-state index contributed by atoms with van der Waals surface area (Å²) in [6, 6.07) is 19.3. The fraction of sp³-hybridized carbons (Fsp3) is 0.212. The third-order valence-corrected chi connectivity index (χ3v) is 6.85. The maximum absolute atomic E-state index is 13.4. The van der Waals surface area contributed by atoms with Gasteiger partial charge in [-0.2, -0.15) is 0 Å². The van der Waals surface area contributed by atoms with Crippen molar-refractivity contribution in [2.24, 2.45) is 0 Å². The van der Waals surface area contributed by atoms with E-state index in [1.165, 1.54) is 24.7 Å². The summed E-state index contributed by atoms with van der Waals surface area (Å²) < 4.78 is 16.7. The molecule has 0 saturated heterocycles. The predicted molar refractivity (Wildman–Crippen MR) is 172 cm³/mol. The van der Waals surface area contributed by atoms with E-state index < -0.39 is 60.1 Å². The largest absolute Gasteiger partial charge is 0.445 e. The number of benzene rings is 3. The maximum Gasteiger partial charge on any atom is 0.419 e. The summed E-state index contributed by atoms with van der Waals surface area (Å²) in [5.74, 6) is -2.88. The van der Waals surface area contributed by atoms with E-state index in [-0.39, 0.29) is 36.8 Å². The Kier molecular flexibility index (Phi) is 13.1. The number of nitrogens with one attached hydrogen (secondary N) is 3. The average Bonchev–Trinajstić information content (AvgIpc) is 3.60. The van der Waals surface area contributed by atoms with E-state index in [4.69, 9.17) is 14.2 Å². The molecular weight excluding hydrogens is 656 g/mol. The lowest BCUT2D eigenvalue weighted by atomic mass is 10.1. The summed E-state index contributed by atoms with van der Waals surface area (Å²) in [6.07, 6.45) is 0.332. The maximum atomic E-state index is 13.4. The number of carbonyl (C=O) groups excluding carboxylic acids is 5. The molecule has 3 aromatic carbocycles. The number of rotatable bonds is 15. The second kappa shape index (κ2) is 18.1.